The monoisotopic (exact) mass is 280 g/mol. The van der Waals surface area contributed by atoms with E-state index in [2.05, 4.69) is 24.2 Å². The summed E-state index contributed by atoms with van der Waals surface area (Å²) in [5.74, 6) is 2.17. The van der Waals surface area contributed by atoms with Crippen molar-refractivity contribution in [3.05, 3.63) is 66.5 Å². The molecule has 3 rings (SSSR count). The van der Waals surface area contributed by atoms with Crippen LogP contribution in [-0.4, -0.2) is 16.9 Å². The normalized spacial score (nSPS) is 10.4. The lowest BCUT2D eigenvalue weighted by molar-refractivity contribution is 0.409. The molecule has 0 saturated heterocycles. The average molecular weight is 280 g/mol. The molecule has 21 heavy (non-hydrogen) atoms. The maximum atomic E-state index is 5.79. The molecule has 0 bridgehead atoms. The van der Waals surface area contributed by atoms with E-state index in [1.54, 1.807) is 18.0 Å². The molecule has 4 heteroatoms. The maximum Gasteiger partial charge on any atom is 0.165 e. The zero-order chi connectivity index (χ0) is 14.7. The van der Waals surface area contributed by atoms with Gasteiger partial charge < -0.3 is 9.47 Å². The lowest BCUT2D eigenvalue weighted by Crippen LogP contribution is -1.93. The van der Waals surface area contributed by atoms with Crippen molar-refractivity contribution in [2.45, 2.75) is 6.92 Å². The first-order valence-corrected chi connectivity index (χ1v) is 6.68. The van der Waals surface area contributed by atoms with Crippen LogP contribution in [0.15, 0.2) is 60.9 Å². The van der Waals surface area contributed by atoms with Gasteiger partial charge in [0.1, 0.15) is 11.5 Å². The van der Waals surface area contributed by atoms with Crippen LogP contribution >= 0.6 is 0 Å². The first-order chi connectivity index (χ1) is 10.2. The summed E-state index contributed by atoms with van der Waals surface area (Å²) in [6, 6.07) is 15.6. The van der Waals surface area contributed by atoms with E-state index in [-0.39, 0.29) is 0 Å². The van der Waals surface area contributed by atoms with Gasteiger partial charge in [0.15, 0.2) is 5.75 Å². The Morgan fingerprint density at radius 1 is 0.952 bits per heavy atom. The molecule has 0 aliphatic rings. The number of hydrogen-bond donors (Lipinski definition) is 0. The average Bonchev–Trinajstić information content (AvgIpc) is 2.96. The van der Waals surface area contributed by atoms with Crippen molar-refractivity contribution < 1.29 is 9.47 Å². The Kier molecular flexibility index (Phi) is 3.60. The first kappa shape index (κ1) is 13.2. The highest BCUT2D eigenvalue weighted by Gasteiger charge is 2.04. The topological polar surface area (TPSA) is 36.3 Å². The van der Waals surface area contributed by atoms with Gasteiger partial charge >= 0.3 is 0 Å². The van der Waals surface area contributed by atoms with Crippen molar-refractivity contribution in [1.29, 1.82) is 0 Å². The largest absolute Gasteiger partial charge is 0.497 e. The van der Waals surface area contributed by atoms with Crippen molar-refractivity contribution in [1.82, 2.24) is 9.78 Å². The van der Waals surface area contributed by atoms with Gasteiger partial charge in [0.25, 0.3) is 0 Å². The molecular weight excluding hydrogens is 264 g/mol. The second-order valence-electron chi connectivity index (χ2n) is 4.74. The van der Waals surface area contributed by atoms with Crippen LogP contribution in [0.2, 0.25) is 0 Å². The quantitative estimate of drug-likeness (QED) is 0.725. The fraction of sp³-hybridized carbons (Fsp3) is 0.118. The number of rotatable bonds is 4. The van der Waals surface area contributed by atoms with Crippen LogP contribution in [0.3, 0.4) is 0 Å². The molecule has 3 aromatic rings. The van der Waals surface area contributed by atoms with E-state index < -0.39 is 0 Å². The van der Waals surface area contributed by atoms with Gasteiger partial charge in [0.05, 0.1) is 25.2 Å². The predicted octanol–water partition coefficient (Wildman–Crippen LogP) is 3.98. The number of nitrogens with zero attached hydrogens (tertiary/aromatic N) is 2. The van der Waals surface area contributed by atoms with E-state index in [1.807, 2.05) is 42.6 Å². The molecule has 0 fully saturated rings. The van der Waals surface area contributed by atoms with Gasteiger partial charge in [-0.15, -0.1) is 0 Å². The van der Waals surface area contributed by atoms with Gasteiger partial charge in [0, 0.05) is 6.07 Å². The maximum absolute atomic E-state index is 5.79. The van der Waals surface area contributed by atoms with Crippen LogP contribution in [-0.2, 0) is 0 Å². The Hall–Kier alpha value is -2.75. The van der Waals surface area contributed by atoms with Gasteiger partial charge in [0.2, 0.25) is 0 Å². The highest BCUT2D eigenvalue weighted by molar-refractivity contribution is 5.38. The number of hydrogen-bond acceptors (Lipinski definition) is 3. The summed E-state index contributed by atoms with van der Waals surface area (Å²) in [7, 11) is 1.63. The van der Waals surface area contributed by atoms with Crippen LogP contribution in [0.5, 0.6) is 17.2 Å². The van der Waals surface area contributed by atoms with E-state index in [1.165, 1.54) is 5.56 Å². The molecule has 0 aliphatic carbocycles. The van der Waals surface area contributed by atoms with E-state index in [0.29, 0.717) is 5.75 Å². The molecule has 0 saturated carbocycles. The number of ether oxygens (including phenoxy) is 2. The fourth-order valence-electron chi connectivity index (χ4n) is 2.07. The Balaban J connectivity index is 1.81. The molecule has 2 aromatic carbocycles. The van der Waals surface area contributed by atoms with Crippen molar-refractivity contribution in [3.8, 4) is 22.9 Å². The molecule has 0 radical (unpaired) electrons. The van der Waals surface area contributed by atoms with E-state index in [4.69, 9.17) is 9.47 Å². The number of benzene rings is 2. The van der Waals surface area contributed by atoms with E-state index in [0.717, 1.165) is 17.2 Å². The van der Waals surface area contributed by atoms with Crippen molar-refractivity contribution >= 4 is 0 Å². The summed E-state index contributed by atoms with van der Waals surface area (Å²) in [6.45, 7) is 2.06. The van der Waals surface area contributed by atoms with Gasteiger partial charge in [-0.25, -0.2) is 4.68 Å². The van der Waals surface area contributed by atoms with Crippen LogP contribution in [0.4, 0.5) is 0 Å². The van der Waals surface area contributed by atoms with Crippen LogP contribution in [0.25, 0.3) is 5.69 Å². The molecule has 1 heterocycles. The fourth-order valence-corrected chi connectivity index (χ4v) is 2.07. The summed E-state index contributed by atoms with van der Waals surface area (Å²) in [5.41, 5.74) is 2.20. The minimum absolute atomic E-state index is 0.685. The molecule has 106 valence electrons. The van der Waals surface area contributed by atoms with Gasteiger partial charge in [-0.05, 0) is 36.8 Å². The second kappa shape index (κ2) is 5.71. The Bertz CT molecular complexity index is 750. The Labute approximate surface area is 123 Å². The highest BCUT2D eigenvalue weighted by atomic mass is 16.5. The van der Waals surface area contributed by atoms with Crippen molar-refractivity contribution in [3.63, 3.8) is 0 Å². The Morgan fingerprint density at radius 2 is 1.76 bits per heavy atom. The van der Waals surface area contributed by atoms with Crippen molar-refractivity contribution in [2.24, 2.45) is 0 Å². The minimum atomic E-state index is 0.685. The Morgan fingerprint density at radius 3 is 2.57 bits per heavy atom. The third kappa shape index (κ3) is 3.05. The third-order valence-corrected chi connectivity index (χ3v) is 3.10. The highest BCUT2D eigenvalue weighted by Crippen LogP contribution is 2.25. The molecule has 1 aromatic heterocycles. The van der Waals surface area contributed by atoms with Crippen molar-refractivity contribution in [2.75, 3.05) is 7.11 Å². The summed E-state index contributed by atoms with van der Waals surface area (Å²) in [4.78, 5) is 0. The van der Waals surface area contributed by atoms with Gasteiger partial charge in [-0.1, -0.05) is 18.2 Å². The van der Waals surface area contributed by atoms with E-state index >= 15 is 0 Å². The lowest BCUT2D eigenvalue weighted by Gasteiger charge is -2.05. The molecular formula is C17H16N2O2. The lowest BCUT2D eigenvalue weighted by atomic mass is 10.2. The number of aryl methyl sites for hydroxylation is 1. The summed E-state index contributed by atoms with van der Waals surface area (Å²) in [6.07, 6.45) is 3.55. The molecule has 0 N–H and O–H groups in total. The summed E-state index contributed by atoms with van der Waals surface area (Å²) in [5, 5.41) is 4.33. The van der Waals surface area contributed by atoms with Gasteiger partial charge in [-0.3, -0.25) is 0 Å². The minimum Gasteiger partial charge on any atom is -0.497 e. The molecule has 0 spiro atoms. The smallest absolute Gasteiger partial charge is 0.165 e. The van der Waals surface area contributed by atoms with Crippen LogP contribution in [0.1, 0.15) is 5.56 Å². The standard InChI is InChI=1S/C17H16N2O2/c1-13-5-3-6-14(9-13)19-12-17(11-18-19)21-16-8-4-7-15(10-16)20-2/h3-12H,1-2H3. The van der Waals surface area contributed by atoms with E-state index in [9.17, 15) is 0 Å². The second-order valence-corrected chi connectivity index (χ2v) is 4.74. The molecule has 4 nitrogen and oxygen atoms in total. The number of aromatic nitrogens is 2. The number of methoxy groups -OCH3 is 1. The van der Waals surface area contributed by atoms with Gasteiger partial charge in [-0.2, -0.15) is 5.10 Å². The van der Waals surface area contributed by atoms with Crippen LogP contribution in [0, 0.1) is 6.92 Å². The molecule has 0 aliphatic heterocycles. The SMILES string of the molecule is COc1cccc(Oc2cnn(-c3cccc(C)c3)c2)c1. The summed E-state index contributed by atoms with van der Waals surface area (Å²) < 4.78 is 12.8. The molecule has 0 unspecified atom stereocenters. The third-order valence-electron chi connectivity index (χ3n) is 3.10. The zero-order valence-electron chi connectivity index (χ0n) is 12.0. The molecule has 0 amide bonds. The predicted molar refractivity (Wildman–Crippen MR) is 81.4 cm³/mol. The summed E-state index contributed by atoms with van der Waals surface area (Å²) >= 11 is 0. The molecule has 0 atom stereocenters. The van der Waals surface area contributed by atoms with Crippen LogP contribution < -0.4 is 9.47 Å². The first-order valence-electron chi connectivity index (χ1n) is 6.68. The zero-order valence-corrected chi connectivity index (χ0v) is 12.0.